The molecule has 1 saturated heterocycles. The van der Waals surface area contributed by atoms with Crippen LogP contribution in [0.15, 0.2) is 24.3 Å². The van der Waals surface area contributed by atoms with Crippen molar-refractivity contribution in [2.45, 2.75) is 25.3 Å². The lowest BCUT2D eigenvalue weighted by Gasteiger charge is -2.39. The van der Waals surface area contributed by atoms with E-state index in [1.807, 2.05) is 31.2 Å². The van der Waals surface area contributed by atoms with Gasteiger partial charge in [0, 0.05) is 45.7 Å². The van der Waals surface area contributed by atoms with Crippen LogP contribution >= 0.6 is 0 Å². The summed E-state index contributed by atoms with van der Waals surface area (Å²) in [6, 6.07) is 10.4. The summed E-state index contributed by atoms with van der Waals surface area (Å²) in [5.41, 5.74) is 1.54. The zero-order valence-corrected chi connectivity index (χ0v) is 12.9. The van der Waals surface area contributed by atoms with Crippen LogP contribution in [0.3, 0.4) is 0 Å². The summed E-state index contributed by atoms with van der Waals surface area (Å²) in [4.78, 5) is 15.3. The molecule has 0 atom stereocenters. The minimum Gasteiger partial charge on any atom is -0.367 e. The van der Waals surface area contributed by atoms with Crippen molar-refractivity contribution in [1.29, 1.82) is 5.26 Å². The number of nitriles is 1. The molecule has 1 aromatic carbocycles. The molecular formula is C16H22N4O. The quantitative estimate of drug-likeness (QED) is 0.908. The molecule has 0 saturated carbocycles. The topological polar surface area (TPSA) is 59.4 Å². The fourth-order valence-electron chi connectivity index (χ4n) is 2.63. The molecule has 5 heteroatoms. The molecule has 5 nitrogen and oxygen atoms in total. The summed E-state index contributed by atoms with van der Waals surface area (Å²) in [6.45, 7) is 3.23. The van der Waals surface area contributed by atoms with Gasteiger partial charge in [-0.2, -0.15) is 5.26 Å². The number of nitrogens with one attached hydrogen (secondary N) is 1. The summed E-state index contributed by atoms with van der Waals surface area (Å²) < 4.78 is 0. The molecule has 1 aliphatic rings. The standard InChI is InChI=1S/C16H22N4O/c1-13-5-4-6-14(11-13)18-16(12-17)7-9-20(10-8-16)15(21)19(2)3/h4-6,11,18H,7-10H2,1-3H3. The molecule has 0 aromatic heterocycles. The highest BCUT2D eigenvalue weighted by Gasteiger charge is 2.36. The normalized spacial score (nSPS) is 17.0. The maximum Gasteiger partial charge on any atom is 0.319 e. The number of urea groups is 1. The lowest BCUT2D eigenvalue weighted by atomic mass is 9.88. The molecular weight excluding hydrogens is 264 g/mol. The van der Waals surface area contributed by atoms with Crippen LogP contribution in [0.1, 0.15) is 18.4 Å². The summed E-state index contributed by atoms with van der Waals surface area (Å²) in [5.74, 6) is 0. The van der Waals surface area contributed by atoms with E-state index >= 15 is 0 Å². The maximum absolute atomic E-state index is 11.9. The number of hydrogen-bond acceptors (Lipinski definition) is 3. The second kappa shape index (κ2) is 6.04. The van der Waals surface area contributed by atoms with Crippen molar-refractivity contribution in [3.05, 3.63) is 29.8 Å². The van der Waals surface area contributed by atoms with E-state index in [0.717, 1.165) is 11.3 Å². The van der Waals surface area contributed by atoms with Gasteiger partial charge in [0.05, 0.1) is 6.07 Å². The molecule has 21 heavy (non-hydrogen) atoms. The van der Waals surface area contributed by atoms with Gasteiger partial charge in [-0.1, -0.05) is 12.1 Å². The summed E-state index contributed by atoms with van der Waals surface area (Å²) in [6.07, 6.45) is 1.27. The number of benzene rings is 1. The molecule has 1 aromatic rings. The van der Waals surface area contributed by atoms with Crippen LogP contribution in [0.2, 0.25) is 0 Å². The highest BCUT2D eigenvalue weighted by molar-refractivity contribution is 5.74. The largest absolute Gasteiger partial charge is 0.367 e. The molecule has 0 spiro atoms. The van der Waals surface area contributed by atoms with Crippen molar-refractivity contribution in [2.75, 3.05) is 32.5 Å². The fourth-order valence-corrected chi connectivity index (χ4v) is 2.63. The van der Waals surface area contributed by atoms with Gasteiger partial charge in [-0.05, 0) is 24.6 Å². The summed E-state index contributed by atoms with van der Waals surface area (Å²) in [7, 11) is 3.50. The molecule has 0 radical (unpaired) electrons. The number of aryl methyl sites for hydroxylation is 1. The van der Waals surface area contributed by atoms with Crippen molar-refractivity contribution >= 4 is 11.7 Å². The van der Waals surface area contributed by atoms with Crippen molar-refractivity contribution in [3.8, 4) is 6.07 Å². The zero-order valence-electron chi connectivity index (χ0n) is 12.9. The van der Waals surface area contributed by atoms with Crippen molar-refractivity contribution in [3.63, 3.8) is 0 Å². The van der Waals surface area contributed by atoms with E-state index in [9.17, 15) is 10.1 Å². The first-order valence-electron chi connectivity index (χ1n) is 7.18. The van der Waals surface area contributed by atoms with E-state index in [4.69, 9.17) is 0 Å². The Morgan fingerprint density at radius 1 is 1.38 bits per heavy atom. The average Bonchev–Trinajstić information content (AvgIpc) is 2.47. The van der Waals surface area contributed by atoms with Crippen molar-refractivity contribution < 1.29 is 4.79 Å². The summed E-state index contributed by atoms with van der Waals surface area (Å²) >= 11 is 0. The highest BCUT2D eigenvalue weighted by Crippen LogP contribution is 2.27. The SMILES string of the molecule is Cc1cccc(NC2(C#N)CCN(C(=O)N(C)C)CC2)c1. The molecule has 2 rings (SSSR count). The van der Waals surface area contributed by atoms with Gasteiger partial charge in [-0.25, -0.2) is 4.79 Å². The Bertz CT molecular complexity index is 554. The van der Waals surface area contributed by atoms with E-state index in [0.29, 0.717) is 25.9 Å². The summed E-state index contributed by atoms with van der Waals surface area (Å²) in [5, 5.41) is 12.9. The van der Waals surface area contributed by atoms with Crippen molar-refractivity contribution in [2.24, 2.45) is 0 Å². The Morgan fingerprint density at radius 2 is 2.05 bits per heavy atom. The number of anilines is 1. The molecule has 1 aliphatic heterocycles. The first-order valence-corrected chi connectivity index (χ1v) is 7.18. The van der Waals surface area contributed by atoms with Crippen LogP contribution in [0, 0.1) is 18.3 Å². The lowest BCUT2D eigenvalue weighted by molar-refractivity contribution is 0.152. The van der Waals surface area contributed by atoms with Crippen LogP contribution in [0.5, 0.6) is 0 Å². The first kappa shape index (κ1) is 15.2. The van der Waals surface area contributed by atoms with E-state index < -0.39 is 5.54 Å². The first-order chi connectivity index (χ1) is 9.96. The van der Waals surface area contributed by atoms with Crippen molar-refractivity contribution in [1.82, 2.24) is 9.80 Å². The number of carbonyl (C=O) groups excluding carboxylic acids is 1. The molecule has 1 N–H and O–H groups in total. The average molecular weight is 286 g/mol. The third-order valence-electron chi connectivity index (χ3n) is 3.89. The molecule has 112 valence electrons. The Balaban J connectivity index is 2.05. The van der Waals surface area contributed by atoms with Gasteiger partial charge in [0.1, 0.15) is 5.54 Å². The Kier molecular flexibility index (Phi) is 4.37. The van der Waals surface area contributed by atoms with Crippen LogP contribution in [0.25, 0.3) is 0 Å². The Hall–Kier alpha value is -2.22. The Labute approximate surface area is 126 Å². The number of carbonyl (C=O) groups is 1. The minimum absolute atomic E-state index is 0.0112. The number of nitrogens with zero attached hydrogens (tertiary/aromatic N) is 3. The van der Waals surface area contributed by atoms with Gasteiger partial charge in [0.25, 0.3) is 0 Å². The monoisotopic (exact) mass is 286 g/mol. The fraction of sp³-hybridized carbons (Fsp3) is 0.500. The van der Waals surface area contributed by atoms with Gasteiger partial charge in [0.15, 0.2) is 0 Å². The van der Waals surface area contributed by atoms with Gasteiger partial charge in [0.2, 0.25) is 0 Å². The third kappa shape index (κ3) is 3.46. The Morgan fingerprint density at radius 3 is 2.57 bits per heavy atom. The smallest absolute Gasteiger partial charge is 0.319 e. The van der Waals surface area contributed by atoms with Gasteiger partial charge in [-0.15, -0.1) is 0 Å². The molecule has 2 amide bonds. The number of piperidine rings is 1. The predicted octanol–water partition coefficient (Wildman–Crippen LogP) is 2.45. The van der Waals surface area contributed by atoms with Gasteiger partial charge in [-0.3, -0.25) is 0 Å². The van der Waals surface area contributed by atoms with E-state index in [2.05, 4.69) is 11.4 Å². The molecule has 1 heterocycles. The zero-order chi connectivity index (χ0) is 15.5. The number of rotatable bonds is 2. The van der Waals surface area contributed by atoms with Crippen LogP contribution in [-0.2, 0) is 0 Å². The molecule has 0 bridgehead atoms. The van der Waals surface area contributed by atoms with E-state index in [1.54, 1.807) is 23.9 Å². The van der Waals surface area contributed by atoms with Crippen LogP contribution < -0.4 is 5.32 Å². The van der Waals surface area contributed by atoms with E-state index in [-0.39, 0.29) is 6.03 Å². The lowest BCUT2D eigenvalue weighted by Crippen LogP contribution is -2.52. The van der Waals surface area contributed by atoms with Crippen LogP contribution in [0.4, 0.5) is 10.5 Å². The van der Waals surface area contributed by atoms with Gasteiger partial charge < -0.3 is 15.1 Å². The predicted molar refractivity (Wildman–Crippen MR) is 83.0 cm³/mol. The second-order valence-electron chi connectivity index (χ2n) is 5.85. The number of hydrogen-bond donors (Lipinski definition) is 1. The number of likely N-dealkylation sites (tertiary alicyclic amines) is 1. The van der Waals surface area contributed by atoms with E-state index in [1.165, 1.54) is 0 Å². The maximum atomic E-state index is 11.9. The molecule has 1 fully saturated rings. The minimum atomic E-state index is -0.586. The number of amides is 2. The molecule has 0 unspecified atom stereocenters. The highest BCUT2D eigenvalue weighted by atomic mass is 16.2. The third-order valence-corrected chi connectivity index (χ3v) is 3.89. The second-order valence-corrected chi connectivity index (χ2v) is 5.85. The van der Waals surface area contributed by atoms with Gasteiger partial charge >= 0.3 is 6.03 Å². The van der Waals surface area contributed by atoms with Crippen LogP contribution in [-0.4, -0.2) is 48.6 Å². The molecule has 0 aliphatic carbocycles.